The molecule has 0 bridgehead atoms. The van der Waals surface area contributed by atoms with Crippen LogP contribution >= 0.6 is 0 Å². The Morgan fingerprint density at radius 2 is 2.09 bits per heavy atom. The lowest BCUT2D eigenvalue weighted by atomic mass is 9.45. The largest absolute Gasteiger partial charge is 0.468 e. The summed E-state index contributed by atoms with van der Waals surface area (Å²) in [6.07, 6.45) is 6.13. The summed E-state index contributed by atoms with van der Waals surface area (Å²) in [5.74, 6) is -0.602. The monoisotopic (exact) mass is 317 g/mol. The molecule has 2 heterocycles. The molecule has 1 N–H and O–H groups in total. The molecule has 3 aliphatic rings. The number of hydrogen-bond acceptors (Lipinski definition) is 6. The van der Waals surface area contributed by atoms with Crippen molar-refractivity contribution in [1.29, 1.82) is 0 Å². The highest BCUT2D eigenvalue weighted by Crippen LogP contribution is 2.65. The molecular weight excluding hydrogens is 298 g/mol. The van der Waals surface area contributed by atoms with E-state index < -0.39 is 11.4 Å². The zero-order chi connectivity index (χ0) is 16.1. The maximum Gasteiger partial charge on any atom is 0.321 e. The van der Waals surface area contributed by atoms with Gasteiger partial charge in [-0.3, -0.25) is 14.9 Å². The number of fused-ring (bicyclic) bond motifs is 1. The van der Waals surface area contributed by atoms with E-state index in [0.717, 1.165) is 24.1 Å². The topological polar surface area (TPSA) is 90.4 Å². The Labute approximate surface area is 133 Å². The number of nitrogens with zero attached hydrogens (tertiary/aromatic N) is 2. The molecule has 4 rings (SSSR count). The lowest BCUT2D eigenvalue weighted by molar-refractivity contribution is -0.181. The third-order valence-corrected chi connectivity index (χ3v) is 5.45. The molecule has 0 saturated heterocycles. The molecular formula is C16H19N3O4. The van der Waals surface area contributed by atoms with E-state index in [9.17, 15) is 9.59 Å². The minimum absolute atomic E-state index is 0.165. The number of carbonyl (C=O) groups excluding carboxylic acids is 2. The molecule has 23 heavy (non-hydrogen) atoms. The smallest absolute Gasteiger partial charge is 0.321 e. The summed E-state index contributed by atoms with van der Waals surface area (Å²) in [5.41, 5.74) is 0.792. The number of hydrogen-bond donors (Lipinski definition) is 1. The predicted octanol–water partition coefficient (Wildman–Crippen LogP) is 1.57. The van der Waals surface area contributed by atoms with E-state index in [1.54, 1.807) is 6.20 Å². The molecule has 1 spiro atoms. The Hall–Kier alpha value is -2.02. The van der Waals surface area contributed by atoms with Gasteiger partial charge in [0, 0.05) is 11.8 Å². The van der Waals surface area contributed by atoms with Crippen LogP contribution in [-0.2, 0) is 32.3 Å². The highest BCUT2D eigenvalue weighted by atomic mass is 16.5. The molecule has 2 aliphatic carbocycles. The van der Waals surface area contributed by atoms with Crippen LogP contribution in [0.1, 0.15) is 43.4 Å². The van der Waals surface area contributed by atoms with Gasteiger partial charge in [-0.15, -0.1) is 0 Å². The summed E-state index contributed by atoms with van der Waals surface area (Å²) in [7, 11) is 1.33. The van der Waals surface area contributed by atoms with Crippen LogP contribution in [0.4, 0.5) is 5.95 Å². The van der Waals surface area contributed by atoms with Crippen molar-refractivity contribution in [3.8, 4) is 0 Å². The Kier molecular flexibility index (Phi) is 3.16. The van der Waals surface area contributed by atoms with E-state index in [1.165, 1.54) is 13.5 Å². The number of aromatic nitrogens is 2. The molecule has 1 aromatic rings. The number of esters is 1. The van der Waals surface area contributed by atoms with Crippen LogP contribution in [0.15, 0.2) is 6.20 Å². The number of carbonyl (C=O) groups is 2. The second kappa shape index (κ2) is 4.99. The number of ether oxygens (including phenoxy) is 2. The molecule has 0 atom stereocenters. The van der Waals surface area contributed by atoms with Gasteiger partial charge in [0.25, 0.3) is 0 Å². The van der Waals surface area contributed by atoms with Gasteiger partial charge in [0.1, 0.15) is 5.41 Å². The Bertz CT molecular complexity index is 676. The van der Waals surface area contributed by atoms with Gasteiger partial charge in [-0.2, -0.15) is 0 Å². The SMILES string of the molecule is COC(=O)C1(C(=O)Nc2ncc3c(n2)COC3)CC2(CCC2)C1. The molecule has 2 fully saturated rings. The first-order valence-corrected chi connectivity index (χ1v) is 7.89. The van der Waals surface area contributed by atoms with Crippen LogP contribution < -0.4 is 5.32 Å². The van der Waals surface area contributed by atoms with E-state index in [4.69, 9.17) is 9.47 Å². The van der Waals surface area contributed by atoms with Crippen molar-refractivity contribution in [1.82, 2.24) is 9.97 Å². The highest BCUT2D eigenvalue weighted by molar-refractivity contribution is 6.09. The lowest BCUT2D eigenvalue weighted by Crippen LogP contribution is -2.60. The zero-order valence-corrected chi connectivity index (χ0v) is 13.1. The summed E-state index contributed by atoms with van der Waals surface area (Å²) >= 11 is 0. The summed E-state index contributed by atoms with van der Waals surface area (Å²) in [4.78, 5) is 33.4. The van der Waals surface area contributed by atoms with E-state index in [-0.39, 0.29) is 17.3 Å². The van der Waals surface area contributed by atoms with Crippen molar-refractivity contribution in [2.24, 2.45) is 10.8 Å². The average molecular weight is 317 g/mol. The first kappa shape index (κ1) is 14.6. The lowest BCUT2D eigenvalue weighted by Gasteiger charge is -2.58. The molecule has 1 aromatic heterocycles. The maximum atomic E-state index is 12.7. The van der Waals surface area contributed by atoms with Crippen molar-refractivity contribution in [3.05, 3.63) is 17.5 Å². The van der Waals surface area contributed by atoms with Gasteiger partial charge in [0.05, 0.1) is 26.0 Å². The molecule has 2 saturated carbocycles. The fourth-order valence-corrected chi connectivity index (χ4v) is 4.08. The van der Waals surface area contributed by atoms with Crippen LogP contribution in [0.5, 0.6) is 0 Å². The first-order valence-electron chi connectivity index (χ1n) is 7.89. The normalized spacial score (nSPS) is 22.7. The minimum Gasteiger partial charge on any atom is -0.468 e. The van der Waals surface area contributed by atoms with Crippen molar-refractivity contribution < 1.29 is 19.1 Å². The quantitative estimate of drug-likeness (QED) is 0.672. The highest BCUT2D eigenvalue weighted by Gasteiger charge is 2.65. The summed E-state index contributed by atoms with van der Waals surface area (Å²) in [6, 6.07) is 0. The number of nitrogens with one attached hydrogen (secondary N) is 1. The van der Waals surface area contributed by atoms with Gasteiger partial charge >= 0.3 is 5.97 Å². The second-order valence-electron chi connectivity index (χ2n) is 6.89. The minimum atomic E-state index is -1.09. The standard InChI is InChI=1S/C16H19N3O4/c1-22-13(21)16(8-15(9-16)3-2-4-15)12(20)19-14-17-5-10-6-23-7-11(10)18-14/h5H,2-4,6-9H2,1H3,(H,17,18,19,20). The molecule has 0 aromatic carbocycles. The Morgan fingerprint density at radius 3 is 2.74 bits per heavy atom. The molecule has 1 amide bonds. The van der Waals surface area contributed by atoms with Crippen molar-refractivity contribution in [2.75, 3.05) is 12.4 Å². The Morgan fingerprint density at radius 1 is 1.30 bits per heavy atom. The second-order valence-corrected chi connectivity index (χ2v) is 6.89. The molecule has 122 valence electrons. The first-order chi connectivity index (χ1) is 11.1. The van der Waals surface area contributed by atoms with E-state index in [1.807, 2.05) is 0 Å². The van der Waals surface area contributed by atoms with Gasteiger partial charge in [0.15, 0.2) is 0 Å². The third kappa shape index (κ3) is 2.14. The fourth-order valence-electron chi connectivity index (χ4n) is 4.08. The summed E-state index contributed by atoms with van der Waals surface area (Å²) in [6.45, 7) is 0.921. The van der Waals surface area contributed by atoms with Crippen LogP contribution in [0.3, 0.4) is 0 Å². The fraction of sp³-hybridized carbons (Fsp3) is 0.625. The van der Waals surface area contributed by atoms with Gasteiger partial charge in [0.2, 0.25) is 11.9 Å². The number of amides is 1. The van der Waals surface area contributed by atoms with Crippen molar-refractivity contribution >= 4 is 17.8 Å². The maximum absolute atomic E-state index is 12.7. The molecule has 7 nitrogen and oxygen atoms in total. The molecule has 0 radical (unpaired) electrons. The summed E-state index contributed by atoms with van der Waals surface area (Å²) < 4.78 is 10.2. The number of rotatable bonds is 3. The third-order valence-electron chi connectivity index (χ3n) is 5.45. The Balaban J connectivity index is 1.53. The predicted molar refractivity (Wildman–Crippen MR) is 79.1 cm³/mol. The van der Waals surface area contributed by atoms with Gasteiger partial charge < -0.3 is 9.47 Å². The molecule has 0 unspecified atom stereocenters. The average Bonchev–Trinajstić information content (AvgIpc) is 2.92. The van der Waals surface area contributed by atoms with E-state index >= 15 is 0 Å². The summed E-state index contributed by atoms with van der Waals surface area (Å²) in [5, 5.41) is 2.70. The van der Waals surface area contributed by atoms with Gasteiger partial charge in [-0.1, -0.05) is 6.42 Å². The molecule has 7 heteroatoms. The van der Waals surface area contributed by atoms with Crippen LogP contribution in [0, 0.1) is 10.8 Å². The van der Waals surface area contributed by atoms with Gasteiger partial charge in [-0.05, 0) is 31.1 Å². The zero-order valence-electron chi connectivity index (χ0n) is 13.1. The number of anilines is 1. The van der Waals surface area contributed by atoms with Crippen molar-refractivity contribution in [3.63, 3.8) is 0 Å². The van der Waals surface area contributed by atoms with Crippen LogP contribution in [0.25, 0.3) is 0 Å². The van der Waals surface area contributed by atoms with E-state index in [0.29, 0.717) is 26.1 Å². The van der Waals surface area contributed by atoms with Crippen molar-refractivity contribution in [2.45, 2.75) is 45.3 Å². The van der Waals surface area contributed by atoms with Crippen LogP contribution in [0.2, 0.25) is 0 Å². The molecule has 1 aliphatic heterocycles. The van der Waals surface area contributed by atoms with Crippen LogP contribution in [-0.4, -0.2) is 29.0 Å². The number of methoxy groups -OCH3 is 1. The van der Waals surface area contributed by atoms with E-state index in [2.05, 4.69) is 15.3 Å². The van der Waals surface area contributed by atoms with Gasteiger partial charge in [-0.25, -0.2) is 9.97 Å².